The zero-order valence-corrected chi connectivity index (χ0v) is 10.5. The molecule has 0 radical (unpaired) electrons. The van der Waals surface area contributed by atoms with Crippen LogP contribution in [0.15, 0.2) is 0 Å². The van der Waals surface area contributed by atoms with Gasteiger partial charge in [0.25, 0.3) is 5.91 Å². The predicted octanol–water partition coefficient (Wildman–Crippen LogP) is -0.623. The lowest BCUT2D eigenvalue weighted by Crippen LogP contribution is -2.45. The van der Waals surface area contributed by atoms with Gasteiger partial charge in [0.05, 0.1) is 6.42 Å². The summed E-state index contributed by atoms with van der Waals surface area (Å²) in [5.74, 6) is -0.840. The number of rotatable bonds is 2. The van der Waals surface area contributed by atoms with Crippen molar-refractivity contribution >= 4 is 17.7 Å². The Morgan fingerprint density at radius 2 is 2.11 bits per heavy atom. The maximum Gasteiger partial charge on any atom is 0.252 e. The third-order valence-corrected chi connectivity index (χ3v) is 3.78. The molecular formula is C12H19N3O3. The monoisotopic (exact) mass is 253 g/mol. The molecule has 0 aromatic rings. The molecule has 0 aromatic heterocycles. The standard InChI is InChI=1S/C12H19N3O3/c1-15-10(16)6-9(12(15)18)14-11(17)7-3-2-4-8(13)5-7/h7-9H,2-6,13H2,1H3,(H,14,17). The Morgan fingerprint density at radius 3 is 2.67 bits per heavy atom. The molecule has 1 heterocycles. The SMILES string of the molecule is CN1C(=O)CC(NC(=O)C2CCCC(N)C2)C1=O. The Labute approximate surface area is 106 Å². The molecule has 3 N–H and O–H groups in total. The number of imide groups is 1. The Morgan fingerprint density at radius 1 is 1.39 bits per heavy atom. The summed E-state index contributed by atoms with van der Waals surface area (Å²) in [5.41, 5.74) is 5.83. The van der Waals surface area contributed by atoms with Gasteiger partial charge in [-0.05, 0) is 19.3 Å². The lowest BCUT2D eigenvalue weighted by molar-refractivity contribution is -0.138. The third kappa shape index (κ3) is 2.53. The van der Waals surface area contributed by atoms with Crippen LogP contribution >= 0.6 is 0 Å². The minimum absolute atomic E-state index is 0.0677. The van der Waals surface area contributed by atoms with E-state index < -0.39 is 6.04 Å². The van der Waals surface area contributed by atoms with Gasteiger partial charge in [0, 0.05) is 19.0 Å². The smallest absolute Gasteiger partial charge is 0.252 e. The summed E-state index contributed by atoms with van der Waals surface area (Å²) in [6.07, 6.45) is 3.44. The largest absolute Gasteiger partial charge is 0.344 e. The number of amides is 3. The minimum atomic E-state index is -0.687. The van der Waals surface area contributed by atoms with Gasteiger partial charge in [-0.15, -0.1) is 0 Å². The van der Waals surface area contributed by atoms with Crippen LogP contribution in [0, 0.1) is 5.92 Å². The highest BCUT2D eigenvalue weighted by Crippen LogP contribution is 2.23. The van der Waals surface area contributed by atoms with Gasteiger partial charge in [-0.25, -0.2) is 0 Å². The average molecular weight is 253 g/mol. The van der Waals surface area contributed by atoms with E-state index in [1.807, 2.05) is 0 Å². The van der Waals surface area contributed by atoms with Crippen molar-refractivity contribution in [1.29, 1.82) is 0 Å². The van der Waals surface area contributed by atoms with Crippen LogP contribution in [0.5, 0.6) is 0 Å². The van der Waals surface area contributed by atoms with Crippen molar-refractivity contribution < 1.29 is 14.4 Å². The maximum atomic E-state index is 12.0. The van der Waals surface area contributed by atoms with Gasteiger partial charge in [0.2, 0.25) is 11.8 Å². The Kier molecular flexibility index (Phi) is 3.65. The first kappa shape index (κ1) is 13.0. The molecule has 1 aliphatic heterocycles. The van der Waals surface area contributed by atoms with Gasteiger partial charge >= 0.3 is 0 Å². The highest BCUT2D eigenvalue weighted by atomic mass is 16.2. The third-order valence-electron chi connectivity index (χ3n) is 3.78. The van der Waals surface area contributed by atoms with E-state index in [1.54, 1.807) is 0 Å². The van der Waals surface area contributed by atoms with Crippen molar-refractivity contribution in [3.63, 3.8) is 0 Å². The molecule has 1 saturated carbocycles. The number of hydrogen-bond acceptors (Lipinski definition) is 4. The highest BCUT2D eigenvalue weighted by molar-refractivity contribution is 6.06. The van der Waals surface area contributed by atoms with Crippen LogP contribution in [0.4, 0.5) is 0 Å². The summed E-state index contributed by atoms with van der Waals surface area (Å²) in [4.78, 5) is 36.1. The molecule has 2 fully saturated rings. The van der Waals surface area contributed by atoms with E-state index >= 15 is 0 Å². The molecule has 18 heavy (non-hydrogen) atoms. The predicted molar refractivity (Wildman–Crippen MR) is 64.3 cm³/mol. The van der Waals surface area contributed by atoms with Crippen LogP contribution in [-0.2, 0) is 14.4 Å². The van der Waals surface area contributed by atoms with Crippen molar-refractivity contribution in [2.75, 3.05) is 7.05 Å². The molecule has 2 rings (SSSR count). The number of nitrogens with two attached hydrogens (primary N) is 1. The van der Waals surface area contributed by atoms with Gasteiger partial charge in [-0.1, -0.05) is 6.42 Å². The summed E-state index contributed by atoms with van der Waals surface area (Å²) in [6.45, 7) is 0. The van der Waals surface area contributed by atoms with Crippen molar-refractivity contribution in [2.24, 2.45) is 11.7 Å². The van der Waals surface area contributed by atoms with E-state index in [9.17, 15) is 14.4 Å². The van der Waals surface area contributed by atoms with E-state index in [1.165, 1.54) is 7.05 Å². The van der Waals surface area contributed by atoms with Crippen LogP contribution < -0.4 is 11.1 Å². The number of carbonyl (C=O) groups excluding carboxylic acids is 3. The molecule has 1 aliphatic carbocycles. The number of carbonyl (C=O) groups is 3. The molecule has 6 nitrogen and oxygen atoms in total. The number of likely N-dealkylation sites (N-methyl/N-ethyl adjacent to an activating group) is 1. The average Bonchev–Trinajstić information content (AvgIpc) is 2.57. The van der Waals surface area contributed by atoms with Crippen LogP contribution in [-0.4, -0.2) is 41.8 Å². The molecule has 100 valence electrons. The minimum Gasteiger partial charge on any atom is -0.344 e. The summed E-state index contributed by atoms with van der Waals surface area (Å²) in [7, 11) is 1.44. The summed E-state index contributed by atoms with van der Waals surface area (Å²) in [6, 6.07) is -0.619. The van der Waals surface area contributed by atoms with Gasteiger partial charge in [0.15, 0.2) is 0 Å². The van der Waals surface area contributed by atoms with Crippen molar-refractivity contribution in [2.45, 2.75) is 44.2 Å². The second kappa shape index (κ2) is 5.06. The molecule has 3 atom stereocenters. The van der Waals surface area contributed by atoms with Crippen molar-refractivity contribution in [3.8, 4) is 0 Å². The fraction of sp³-hybridized carbons (Fsp3) is 0.750. The highest BCUT2D eigenvalue weighted by Gasteiger charge is 2.38. The molecule has 1 saturated heterocycles. The molecule has 0 aromatic carbocycles. The van der Waals surface area contributed by atoms with Crippen molar-refractivity contribution in [3.05, 3.63) is 0 Å². The lowest BCUT2D eigenvalue weighted by Gasteiger charge is -2.26. The Balaban J connectivity index is 1.91. The van der Waals surface area contributed by atoms with Crippen LogP contribution in [0.25, 0.3) is 0 Å². The number of hydrogen-bond donors (Lipinski definition) is 2. The second-order valence-electron chi connectivity index (χ2n) is 5.18. The molecule has 3 amide bonds. The lowest BCUT2D eigenvalue weighted by atomic mass is 9.85. The van der Waals surface area contributed by atoms with E-state index in [0.717, 1.165) is 24.2 Å². The molecule has 0 bridgehead atoms. The van der Waals surface area contributed by atoms with E-state index in [-0.39, 0.29) is 36.1 Å². The van der Waals surface area contributed by atoms with Crippen LogP contribution in [0.2, 0.25) is 0 Å². The summed E-state index contributed by atoms with van der Waals surface area (Å²) < 4.78 is 0. The molecular weight excluding hydrogens is 234 g/mol. The number of likely N-dealkylation sites (tertiary alicyclic amines) is 1. The van der Waals surface area contributed by atoms with Gasteiger partial charge in [-0.3, -0.25) is 19.3 Å². The summed E-state index contributed by atoms with van der Waals surface area (Å²) in [5, 5.41) is 2.67. The zero-order valence-electron chi connectivity index (χ0n) is 10.5. The number of nitrogens with zero attached hydrogens (tertiary/aromatic N) is 1. The first-order valence-corrected chi connectivity index (χ1v) is 6.35. The van der Waals surface area contributed by atoms with E-state index in [4.69, 9.17) is 5.73 Å². The molecule has 0 spiro atoms. The maximum absolute atomic E-state index is 12.0. The normalized spacial score (nSPS) is 32.8. The van der Waals surface area contributed by atoms with Gasteiger partial charge in [-0.2, -0.15) is 0 Å². The van der Waals surface area contributed by atoms with Crippen LogP contribution in [0.3, 0.4) is 0 Å². The topological polar surface area (TPSA) is 92.5 Å². The number of nitrogens with one attached hydrogen (secondary N) is 1. The fourth-order valence-electron chi connectivity index (χ4n) is 2.62. The van der Waals surface area contributed by atoms with Crippen LogP contribution in [0.1, 0.15) is 32.1 Å². The second-order valence-corrected chi connectivity index (χ2v) is 5.18. The first-order valence-electron chi connectivity index (χ1n) is 6.35. The zero-order chi connectivity index (χ0) is 13.3. The Bertz CT molecular complexity index is 383. The first-order chi connectivity index (χ1) is 8.49. The summed E-state index contributed by atoms with van der Waals surface area (Å²) >= 11 is 0. The van der Waals surface area contributed by atoms with Gasteiger partial charge in [0.1, 0.15) is 6.04 Å². The fourth-order valence-corrected chi connectivity index (χ4v) is 2.62. The van der Waals surface area contributed by atoms with Crippen molar-refractivity contribution in [1.82, 2.24) is 10.2 Å². The molecule has 6 heteroatoms. The molecule has 2 aliphatic rings. The van der Waals surface area contributed by atoms with Gasteiger partial charge < -0.3 is 11.1 Å². The van der Waals surface area contributed by atoms with E-state index in [2.05, 4.69) is 5.32 Å². The Hall–Kier alpha value is -1.43. The quantitative estimate of drug-likeness (QED) is 0.641. The van der Waals surface area contributed by atoms with E-state index in [0.29, 0.717) is 6.42 Å². The molecule has 3 unspecified atom stereocenters.